The number of furan rings is 1. The van der Waals surface area contributed by atoms with E-state index in [0.717, 1.165) is 11.0 Å². The van der Waals surface area contributed by atoms with Crippen LogP contribution in [-0.2, 0) is 9.31 Å². The maximum Gasteiger partial charge on any atom is 0.491 e. The van der Waals surface area contributed by atoms with Crippen LogP contribution in [0.4, 0.5) is 0 Å². The minimum absolute atomic E-state index is 0.319. The van der Waals surface area contributed by atoms with Gasteiger partial charge < -0.3 is 19.0 Å². The Bertz CT molecular complexity index is 435. The van der Waals surface area contributed by atoms with Gasteiger partial charge in [-0.25, -0.2) is 0 Å². The molecule has 5 heteroatoms. The minimum Gasteiger partial charge on any atom is -0.472 e. The predicted molar refractivity (Wildman–Crippen MR) is 76.7 cm³/mol. The summed E-state index contributed by atoms with van der Waals surface area (Å²) in [6.07, 6.45) is 5.41. The fourth-order valence-corrected chi connectivity index (χ4v) is 1.97. The molecule has 0 radical (unpaired) electrons. The van der Waals surface area contributed by atoms with Gasteiger partial charge >= 0.3 is 7.12 Å². The van der Waals surface area contributed by atoms with Gasteiger partial charge in [-0.05, 0) is 46.3 Å². The van der Waals surface area contributed by atoms with Gasteiger partial charge in [0.05, 0.1) is 23.7 Å². The molecule has 0 bridgehead atoms. The van der Waals surface area contributed by atoms with Crippen LogP contribution in [0.25, 0.3) is 6.08 Å². The van der Waals surface area contributed by atoms with E-state index in [1.54, 1.807) is 12.5 Å². The number of hydrogen-bond donors (Lipinski definition) is 1. The molecule has 4 nitrogen and oxygen atoms in total. The standard InChI is InChI=1S/C14H22BNO3/c1-13(2)14(3,4)19-15(18-13)12(9-16-5)8-11-6-7-17-10-11/h6-8,10,16H,9H2,1-5H3. The van der Waals surface area contributed by atoms with Crippen molar-refractivity contribution in [3.63, 3.8) is 0 Å². The Balaban J connectivity index is 2.23. The number of likely N-dealkylation sites (N-methyl/N-ethyl adjacent to an activating group) is 1. The van der Waals surface area contributed by atoms with Crippen molar-refractivity contribution in [3.8, 4) is 0 Å². The van der Waals surface area contributed by atoms with Crippen molar-refractivity contribution in [3.05, 3.63) is 29.6 Å². The first-order chi connectivity index (χ1) is 8.86. The molecular formula is C14H22BNO3. The summed E-state index contributed by atoms with van der Waals surface area (Å²) in [5, 5.41) is 3.15. The monoisotopic (exact) mass is 263 g/mol. The first-order valence-corrected chi connectivity index (χ1v) is 6.58. The van der Waals surface area contributed by atoms with Crippen LogP contribution in [0.5, 0.6) is 0 Å². The highest BCUT2D eigenvalue weighted by Gasteiger charge is 2.52. The van der Waals surface area contributed by atoms with E-state index in [1.807, 2.05) is 19.2 Å². The lowest BCUT2D eigenvalue weighted by atomic mass is 9.77. The van der Waals surface area contributed by atoms with Crippen molar-refractivity contribution in [2.75, 3.05) is 13.6 Å². The van der Waals surface area contributed by atoms with Gasteiger partial charge in [0, 0.05) is 12.1 Å². The number of nitrogens with one attached hydrogen (secondary N) is 1. The van der Waals surface area contributed by atoms with Crippen LogP contribution in [0, 0.1) is 0 Å². The molecule has 0 unspecified atom stereocenters. The van der Waals surface area contributed by atoms with Gasteiger partial charge in [0.2, 0.25) is 0 Å². The molecule has 1 fully saturated rings. The summed E-state index contributed by atoms with van der Waals surface area (Å²) >= 11 is 0. The van der Waals surface area contributed by atoms with Gasteiger partial charge in [-0.15, -0.1) is 0 Å². The van der Waals surface area contributed by atoms with E-state index in [1.165, 1.54) is 0 Å². The fraction of sp³-hybridized carbons (Fsp3) is 0.571. The summed E-state index contributed by atoms with van der Waals surface area (Å²) in [6, 6.07) is 1.92. The highest BCUT2D eigenvalue weighted by Crippen LogP contribution is 2.38. The average Bonchev–Trinajstić information content (AvgIpc) is 2.85. The Kier molecular flexibility index (Phi) is 3.90. The second-order valence-corrected chi connectivity index (χ2v) is 5.89. The van der Waals surface area contributed by atoms with Gasteiger partial charge in [0.25, 0.3) is 0 Å². The zero-order chi connectivity index (χ0) is 14.1. The summed E-state index contributed by atoms with van der Waals surface area (Å²) in [7, 11) is 1.58. The SMILES string of the molecule is CNCC(=Cc1ccoc1)B1OC(C)(C)C(C)(C)O1. The zero-order valence-corrected chi connectivity index (χ0v) is 12.3. The maximum atomic E-state index is 6.07. The van der Waals surface area contributed by atoms with E-state index in [0.29, 0.717) is 6.54 Å². The van der Waals surface area contributed by atoms with E-state index in [4.69, 9.17) is 13.7 Å². The summed E-state index contributed by atoms with van der Waals surface area (Å²) in [4.78, 5) is 0. The normalized spacial score (nSPS) is 21.9. The summed E-state index contributed by atoms with van der Waals surface area (Å²) in [5.41, 5.74) is 1.43. The zero-order valence-electron chi connectivity index (χ0n) is 12.3. The lowest BCUT2D eigenvalue weighted by Crippen LogP contribution is -2.41. The summed E-state index contributed by atoms with van der Waals surface area (Å²) in [6.45, 7) is 8.94. The fourth-order valence-electron chi connectivity index (χ4n) is 1.97. The molecule has 1 aromatic rings. The summed E-state index contributed by atoms with van der Waals surface area (Å²) in [5.74, 6) is 0. The van der Waals surface area contributed by atoms with E-state index < -0.39 is 0 Å². The number of rotatable bonds is 4. The van der Waals surface area contributed by atoms with Crippen molar-refractivity contribution in [2.45, 2.75) is 38.9 Å². The Morgan fingerprint density at radius 2 is 1.89 bits per heavy atom. The van der Waals surface area contributed by atoms with Crippen molar-refractivity contribution >= 4 is 13.2 Å². The largest absolute Gasteiger partial charge is 0.491 e. The van der Waals surface area contributed by atoms with E-state index in [2.05, 4.69) is 33.0 Å². The van der Waals surface area contributed by atoms with Gasteiger partial charge in [0.1, 0.15) is 0 Å². The third-order valence-corrected chi connectivity index (χ3v) is 3.83. The Morgan fingerprint density at radius 1 is 1.26 bits per heavy atom. The van der Waals surface area contributed by atoms with Crippen LogP contribution < -0.4 is 5.32 Å². The predicted octanol–water partition coefficient (Wildman–Crippen LogP) is 2.51. The molecule has 0 aliphatic carbocycles. The first-order valence-electron chi connectivity index (χ1n) is 6.58. The summed E-state index contributed by atoms with van der Waals surface area (Å²) < 4.78 is 17.2. The van der Waals surface area contributed by atoms with Crippen LogP contribution in [-0.4, -0.2) is 31.9 Å². The molecule has 0 spiro atoms. The van der Waals surface area contributed by atoms with Crippen LogP contribution in [0.15, 0.2) is 28.5 Å². The number of hydrogen-bond acceptors (Lipinski definition) is 4. The average molecular weight is 263 g/mol. The highest BCUT2D eigenvalue weighted by molar-refractivity contribution is 6.55. The lowest BCUT2D eigenvalue weighted by molar-refractivity contribution is 0.00578. The van der Waals surface area contributed by atoms with Gasteiger partial charge in [-0.3, -0.25) is 0 Å². The first kappa shape index (κ1) is 14.4. The molecule has 1 aliphatic heterocycles. The molecule has 2 rings (SSSR count). The van der Waals surface area contributed by atoms with Crippen LogP contribution in [0.2, 0.25) is 0 Å². The quantitative estimate of drug-likeness (QED) is 0.848. The highest BCUT2D eigenvalue weighted by atomic mass is 16.7. The maximum absolute atomic E-state index is 6.07. The van der Waals surface area contributed by atoms with Crippen molar-refractivity contribution < 1.29 is 13.7 Å². The molecule has 0 atom stereocenters. The second-order valence-electron chi connectivity index (χ2n) is 5.89. The van der Waals surface area contributed by atoms with E-state index >= 15 is 0 Å². The molecule has 0 saturated carbocycles. The van der Waals surface area contributed by atoms with Crippen molar-refractivity contribution in [2.24, 2.45) is 0 Å². The molecule has 2 heterocycles. The van der Waals surface area contributed by atoms with Crippen LogP contribution >= 0.6 is 0 Å². The molecular weight excluding hydrogens is 241 g/mol. The van der Waals surface area contributed by atoms with Gasteiger partial charge in [-0.2, -0.15) is 0 Å². The third-order valence-electron chi connectivity index (χ3n) is 3.83. The smallest absolute Gasteiger partial charge is 0.472 e. The second kappa shape index (κ2) is 5.15. The lowest BCUT2D eigenvalue weighted by Gasteiger charge is -2.32. The van der Waals surface area contributed by atoms with Crippen molar-refractivity contribution in [1.29, 1.82) is 0 Å². The van der Waals surface area contributed by atoms with Crippen LogP contribution in [0.3, 0.4) is 0 Å². The Labute approximate surface area is 115 Å². The van der Waals surface area contributed by atoms with E-state index in [9.17, 15) is 0 Å². The molecule has 0 aromatic carbocycles. The Hall–Kier alpha value is -1.04. The van der Waals surface area contributed by atoms with Crippen LogP contribution in [0.1, 0.15) is 33.3 Å². The van der Waals surface area contributed by atoms with Gasteiger partial charge in [0.15, 0.2) is 0 Å². The van der Waals surface area contributed by atoms with Crippen molar-refractivity contribution in [1.82, 2.24) is 5.32 Å². The third kappa shape index (κ3) is 2.94. The molecule has 0 amide bonds. The topological polar surface area (TPSA) is 43.6 Å². The molecule has 1 aromatic heterocycles. The molecule has 1 saturated heterocycles. The minimum atomic E-state index is -0.327. The molecule has 19 heavy (non-hydrogen) atoms. The molecule has 1 N–H and O–H groups in total. The van der Waals surface area contributed by atoms with Gasteiger partial charge in [-0.1, -0.05) is 6.08 Å². The molecule has 104 valence electrons. The van der Waals surface area contributed by atoms with E-state index in [-0.39, 0.29) is 18.3 Å². The molecule has 1 aliphatic rings. The Morgan fingerprint density at radius 3 is 2.37 bits per heavy atom.